The molecule has 10 aliphatic rings. The van der Waals surface area contributed by atoms with Gasteiger partial charge in [-0.2, -0.15) is 0 Å². The summed E-state index contributed by atoms with van der Waals surface area (Å²) in [4.78, 5) is 15.3. The molecule has 5 heterocycles. The van der Waals surface area contributed by atoms with Crippen LogP contribution in [0, 0.1) is 50.2 Å². The number of hydrogen-bond acceptors (Lipinski definition) is 26. The third-order valence-electron chi connectivity index (χ3n) is 23.2. The molecule has 26 nitrogen and oxygen atoms in total. The van der Waals surface area contributed by atoms with Crippen LogP contribution in [0.15, 0.2) is 11.6 Å². The zero-order chi connectivity index (χ0) is 62.0. The Morgan fingerprint density at radius 3 is 1.74 bits per heavy atom. The second kappa shape index (κ2) is 24.4. The zero-order valence-electron chi connectivity index (χ0n) is 49.8. The first-order chi connectivity index (χ1) is 39.8. The largest absolute Gasteiger partial charge is 0.432 e. The highest BCUT2D eigenvalue weighted by molar-refractivity contribution is 5.79. The maximum atomic E-state index is 15.3. The van der Waals surface area contributed by atoms with Crippen molar-refractivity contribution in [2.45, 2.75) is 273 Å². The van der Waals surface area contributed by atoms with Crippen LogP contribution in [0.3, 0.4) is 0 Å². The van der Waals surface area contributed by atoms with Gasteiger partial charge in [0.25, 0.3) is 0 Å². The van der Waals surface area contributed by atoms with Crippen molar-refractivity contribution in [1.82, 2.24) is 0 Å². The lowest BCUT2D eigenvalue weighted by Crippen LogP contribution is -2.67. The molecule has 488 valence electrons. The first-order valence-electron chi connectivity index (χ1n) is 30.6. The molecular formula is C59H96O26. The molecule has 0 aromatic carbocycles. The molecule has 5 aliphatic heterocycles. The number of ether oxygens (including phenoxy) is 10. The fraction of sp³-hybridized carbons (Fsp3) is 0.949. The highest BCUT2D eigenvalue weighted by atomic mass is 16.8. The van der Waals surface area contributed by atoms with E-state index in [1.165, 1.54) is 19.4 Å². The van der Waals surface area contributed by atoms with Gasteiger partial charge in [-0.15, -0.1) is 0 Å². The molecule has 0 spiro atoms. The van der Waals surface area contributed by atoms with Crippen LogP contribution >= 0.6 is 0 Å². The highest BCUT2D eigenvalue weighted by Gasteiger charge is 2.71. The average Bonchev–Trinajstić information content (AvgIpc) is 0.684. The van der Waals surface area contributed by atoms with Crippen LogP contribution in [0.1, 0.15) is 120 Å². The van der Waals surface area contributed by atoms with Crippen molar-refractivity contribution in [3.05, 3.63) is 11.6 Å². The van der Waals surface area contributed by atoms with Crippen molar-refractivity contribution >= 4 is 5.97 Å². The van der Waals surface area contributed by atoms with E-state index < -0.39 is 189 Å². The Bertz CT molecular complexity index is 2370. The zero-order valence-corrected chi connectivity index (χ0v) is 49.8. The third kappa shape index (κ3) is 11.1. The summed E-state index contributed by atoms with van der Waals surface area (Å²) < 4.78 is 59.9. The topological polar surface area (TPSA) is 413 Å². The minimum atomic E-state index is -1.92. The molecule has 5 aliphatic carbocycles. The van der Waals surface area contributed by atoms with Crippen LogP contribution in [0.2, 0.25) is 0 Å². The van der Waals surface area contributed by atoms with Gasteiger partial charge in [0, 0.05) is 5.41 Å². The number of allylic oxidation sites excluding steroid dienone is 2. The van der Waals surface area contributed by atoms with Gasteiger partial charge < -0.3 is 124 Å². The van der Waals surface area contributed by atoms with Crippen molar-refractivity contribution < 1.29 is 129 Å². The number of aliphatic hydroxyl groups excluding tert-OH is 15. The molecule has 0 amide bonds. The lowest BCUT2D eigenvalue weighted by Gasteiger charge is -2.71. The van der Waals surface area contributed by atoms with Crippen molar-refractivity contribution in [3.63, 3.8) is 0 Å². The fourth-order valence-corrected chi connectivity index (χ4v) is 17.5. The van der Waals surface area contributed by atoms with Gasteiger partial charge in [-0.25, -0.2) is 0 Å². The number of aliphatic hydroxyl groups is 15. The van der Waals surface area contributed by atoms with Crippen LogP contribution in [0.25, 0.3) is 0 Å². The first kappa shape index (κ1) is 66.2. The van der Waals surface area contributed by atoms with E-state index in [-0.39, 0.29) is 47.2 Å². The Balaban J connectivity index is 0.855. The van der Waals surface area contributed by atoms with Gasteiger partial charge in [0.1, 0.15) is 104 Å². The molecule has 85 heavy (non-hydrogen) atoms. The van der Waals surface area contributed by atoms with E-state index in [4.69, 9.17) is 47.4 Å². The average molecular weight is 1220 g/mol. The van der Waals surface area contributed by atoms with Crippen molar-refractivity contribution in [3.8, 4) is 0 Å². The Hall–Kier alpha value is -1.75. The highest BCUT2D eigenvalue weighted by Crippen LogP contribution is 2.76. The van der Waals surface area contributed by atoms with Gasteiger partial charge in [-0.1, -0.05) is 53.2 Å². The predicted molar refractivity (Wildman–Crippen MR) is 288 cm³/mol. The lowest BCUT2D eigenvalue weighted by atomic mass is 9.33. The van der Waals surface area contributed by atoms with E-state index in [2.05, 4.69) is 40.7 Å². The number of carbonyl (C=O) groups is 1. The van der Waals surface area contributed by atoms with Crippen LogP contribution in [-0.4, -0.2) is 263 Å². The normalized spacial score (nSPS) is 55.3. The molecule has 0 aromatic rings. The van der Waals surface area contributed by atoms with E-state index in [1.807, 2.05) is 6.92 Å². The summed E-state index contributed by atoms with van der Waals surface area (Å²) in [5.74, 6) is -0.891. The standard InChI is InChI=1S/C59H96O26/c1-24-34(63)39(68)43(72)48(78-24)83-46-36(65)28(62)21-76-52(46)82-33-12-13-55(5)31(56(33,6)23-61)11-14-58(8)32(55)10-9-26-27-19-54(3,4)15-17-59(27,18-16-57(26,58)7)53(75)85-50-45(74)41(70)38(67)30(81-50)22-77-51-47(42(71)37(66)29(20-60)80-51)84-49-44(73)40(69)35(64)25(2)79-49/h9,24-25,27-52,60-74H,10-23H2,1-8H3/t24-,25+,27?,28+,29+,30+,31?,32?,33?,34-,35-,36-,37-,38-,39-,40+,41+,42+,43-,44+,45+,46-,47+,48+,49+,50+,51-,52+,55?,56+,57+,58?,59?/m1/s1. The minimum absolute atomic E-state index is 0.0713. The molecule has 7 unspecified atom stereocenters. The number of rotatable bonds is 13. The van der Waals surface area contributed by atoms with Crippen molar-refractivity contribution in [2.24, 2.45) is 50.2 Å². The smallest absolute Gasteiger partial charge is 0.315 e. The summed E-state index contributed by atoms with van der Waals surface area (Å²) in [7, 11) is 0. The molecule has 9 fully saturated rings. The lowest BCUT2D eigenvalue weighted by molar-refractivity contribution is -0.370. The van der Waals surface area contributed by atoms with Gasteiger partial charge in [0.2, 0.25) is 6.29 Å². The minimum Gasteiger partial charge on any atom is -0.432 e. The molecule has 4 saturated carbocycles. The van der Waals surface area contributed by atoms with Crippen molar-refractivity contribution in [2.75, 3.05) is 26.4 Å². The molecule has 0 aromatic heterocycles. The number of fused-ring (bicyclic) bond motifs is 7. The Labute approximate surface area is 494 Å². The van der Waals surface area contributed by atoms with Gasteiger partial charge >= 0.3 is 5.97 Å². The summed E-state index contributed by atoms with van der Waals surface area (Å²) in [5, 5.41) is 163. The van der Waals surface area contributed by atoms with Crippen LogP contribution in [0.5, 0.6) is 0 Å². The van der Waals surface area contributed by atoms with Crippen LogP contribution < -0.4 is 0 Å². The monoisotopic (exact) mass is 1220 g/mol. The number of hydrogen-bond donors (Lipinski definition) is 15. The molecular weight excluding hydrogens is 1120 g/mol. The van der Waals surface area contributed by atoms with Crippen LogP contribution in [-0.2, 0) is 52.2 Å². The molecule has 0 radical (unpaired) electrons. The van der Waals surface area contributed by atoms with Crippen molar-refractivity contribution in [1.29, 1.82) is 0 Å². The predicted octanol–water partition coefficient (Wildman–Crippen LogP) is -2.54. The van der Waals surface area contributed by atoms with E-state index in [0.717, 1.165) is 6.42 Å². The maximum absolute atomic E-state index is 15.3. The van der Waals surface area contributed by atoms with Gasteiger partial charge in [0.15, 0.2) is 25.2 Å². The second-order valence-corrected chi connectivity index (χ2v) is 28.5. The summed E-state index contributed by atoms with van der Waals surface area (Å²) in [6.45, 7) is 14.3. The van der Waals surface area contributed by atoms with E-state index in [0.29, 0.717) is 57.8 Å². The van der Waals surface area contributed by atoms with E-state index >= 15 is 4.79 Å². The summed E-state index contributed by atoms with van der Waals surface area (Å²) in [6, 6.07) is 0. The van der Waals surface area contributed by atoms with Gasteiger partial charge in [-0.3, -0.25) is 4.79 Å². The molecule has 33 atom stereocenters. The second-order valence-electron chi connectivity index (χ2n) is 28.5. The Morgan fingerprint density at radius 1 is 0.565 bits per heavy atom. The summed E-state index contributed by atoms with van der Waals surface area (Å²) in [5.41, 5.74) is -1.99. The third-order valence-corrected chi connectivity index (χ3v) is 23.2. The molecule has 10 rings (SSSR count). The van der Waals surface area contributed by atoms with E-state index in [1.54, 1.807) is 0 Å². The van der Waals surface area contributed by atoms with Crippen LogP contribution in [0.4, 0.5) is 0 Å². The molecule has 5 saturated heterocycles. The molecule has 26 heteroatoms. The summed E-state index contributed by atoms with van der Waals surface area (Å²) >= 11 is 0. The number of carbonyl (C=O) groups excluding carboxylic acids is 1. The molecule has 15 N–H and O–H groups in total. The molecule has 0 bridgehead atoms. The first-order valence-corrected chi connectivity index (χ1v) is 30.6. The van der Waals surface area contributed by atoms with E-state index in [9.17, 15) is 76.6 Å². The van der Waals surface area contributed by atoms with Gasteiger partial charge in [0.05, 0.1) is 50.2 Å². The Morgan fingerprint density at radius 2 is 1.13 bits per heavy atom. The number of esters is 1. The fourth-order valence-electron chi connectivity index (χ4n) is 17.5. The van der Waals surface area contributed by atoms with Gasteiger partial charge in [-0.05, 0) is 117 Å². The Kier molecular flexibility index (Phi) is 19.0. The SMILES string of the molecule is C[C@@H]1O[C@@H](O[C@@H]2[C@H](OC[C@@H]3O[C@@H](OC(=O)C45CCC(C)(C)CC4C4=CCC6C7(C)CCC(O[C@@H]8OC[C@H](O)[C@@H](O)[C@H]8O[C@@H]8O[C@H](C)[C@@H](O)[C@@H](O)[C@H]8O)[C@@](C)(CO)C7CCC6(C)[C@@]4(C)CC5)[C@@H](O)[C@@H](O)[C@@H]3O)O[C@@H](CO)[C@@H](O)[C@@H]2O)[C@@H](O)[C@@H](O)[C@@H]1O. The maximum Gasteiger partial charge on any atom is 0.315 e. The summed E-state index contributed by atoms with van der Waals surface area (Å²) in [6.07, 6.45) is -30.0. The quantitative estimate of drug-likeness (QED) is 0.0513.